The van der Waals surface area contributed by atoms with Gasteiger partial charge in [0, 0.05) is 6.08 Å². The van der Waals surface area contributed by atoms with E-state index >= 15 is 0 Å². The minimum absolute atomic E-state index is 0.649. The lowest BCUT2D eigenvalue weighted by molar-refractivity contribution is -0.146. The summed E-state index contributed by atoms with van der Waals surface area (Å²) in [6, 6.07) is 4.26. The molecule has 0 heterocycles. The Morgan fingerprint density at radius 3 is 2.43 bits per heavy atom. The summed E-state index contributed by atoms with van der Waals surface area (Å²) in [5.41, 5.74) is 2.92. The number of carboxylic acids is 2. The van der Waals surface area contributed by atoms with E-state index in [9.17, 15) is 14.4 Å². The molecule has 6 nitrogen and oxygen atoms in total. The molecule has 21 heavy (non-hydrogen) atoms. The molecule has 0 fully saturated rings. The van der Waals surface area contributed by atoms with Crippen LogP contribution in [0.1, 0.15) is 23.1 Å². The first-order valence-corrected chi connectivity index (χ1v) is 6.30. The van der Waals surface area contributed by atoms with E-state index in [-0.39, 0.29) is 0 Å². The molecule has 0 spiro atoms. The highest BCUT2D eigenvalue weighted by Crippen LogP contribution is 2.12. The summed E-state index contributed by atoms with van der Waals surface area (Å²) in [7, 11) is 0. The number of amides is 1. The van der Waals surface area contributed by atoms with E-state index in [0.29, 0.717) is 0 Å². The summed E-state index contributed by atoms with van der Waals surface area (Å²) in [5.74, 6) is -3.32. The van der Waals surface area contributed by atoms with Crippen LogP contribution in [0.5, 0.6) is 0 Å². The van der Waals surface area contributed by atoms with Crippen LogP contribution in [0.4, 0.5) is 0 Å². The maximum Gasteiger partial charge on any atom is 0.326 e. The number of carbonyl (C=O) groups is 3. The number of nitrogens with one attached hydrogen (secondary N) is 1. The van der Waals surface area contributed by atoms with Gasteiger partial charge in [0.2, 0.25) is 5.91 Å². The van der Waals surface area contributed by atoms with Crippen molar-refractivity contribution in [1.29, 1.82) is 0 Å². The number of hydrogen-bond donors (Lipinski definition) is 3. The largest absolute Gasteiger partial charge is 0.481 e. The first-order valence-electron chi connectivity index (χ1n) is 6.30. The molecular formula is C15H17NO5. The Kier molecular flexibility index (Phi) is 5.66. The Morgan fingerprint density at radius 1 is 1.24 bits per heavy atom. The zero-order chi connectivity index (χ0) is 16.0. The molecule has 0 aliphatic carbocycles. The number of aryl methyl sites for hydroxylation is 2. The third kappa shape index (κ3) is 5.48. The first-order chi connectivity index (χ1) is 9.79. The molecule has 1 aromatic carbocycles. The van der Waals surface area contributed by atoms with Gasteiger partial charge in [0.1, 0.15) is 6.04 Å². The third-order valence-corrected chi connectivity index (χ3v) is 2.83. The highest BCUT2D eigenvalue weighted by molar-refractivity contribution is 5.95. The molecule has 0 aromatic heterocycles. The summed E-state index contributed by atoms with van der Waals surface area (Å²) in [6.07, 6.45) is 2.08. The van der Waals surface area contributed by atoms with Crippen molar-refractivity contribution in [2.24, 2.45) is 0 Å². The number of rotatable bonds is 6. The average molecular weight is 291 g/mol. The van der Waals surface area contributed by atoms with Crippen LogP contribution in [-0.2, 0) is 14.4 Å². The molecule has 1 rings (SSSR count). The van der Waals surface area contributed by atoms with Gasteiger partial charge in [-0.05, 0) is 31.1 Å². The summed E-state index contributed by atoms with van der Waals surface area (Å²) in [6.45, 7) is 3.85. The number of benzene rings is 1. The second-order valence-corrected chi connectivity index (χ2v) is 4.69. The summed E-state index contributed by atoms with van der Waals surface area (Å²) in [5, 5.41) is 19.6. The number of hydrogen-bond acceptors (Lipinski definition) is 3. The van der Waals surface area contributed by atoms with E-state index in [1.54, 1.807) is 6.08 Å². The molecule has 0 aliphatic rings. The molecule has 0 aliphatic heterocycles. The van der Waals surface area contributed by atoms with Gasteiger partial charge in [-0.2, -0.15) is 0 Å². The van der Waals surface area contributed by atoms with Gasteiger partial charge < -0.3 is 15.5 Å². The Bertz CT molecular complexity index is 592. The van der Waals surface area contributed by atoms with Gasteiger partial charge in [-0.25, -0.2) is 4.79 Å². The van der Waals surface area contributed by atoms with Crippen molar-refractivity contribution < 1.29 is 24.6 Å². The van der Waals surface area contributed by atoms with Gasteiger partial charge in [-0.3, -0.25) is 9.59 Å². The molecular weight excluding hydrogens is 274 g/mol. The van der Waals surface area contributed by atoms with Gasteiger partial charge in [-0.1, -0.05) is 23.8 Å². The van der Waals surface area contributed by atoms with Gasteiger partial charge in [0.15, 0.2) is 0 Å². The average Bonchev–Trinajstić information content (AvgIpc) is 2.36. The molecule has 0 radical (unpaired) electrons. The molecule has 0 saturated carbocycles. The quantitative estimate of drug-likeness (QED) is 0.687. The monoisotopic (exact) mass is 291 g/mol. The molecule has 0 saturated heterocycles. The maximum atomic E-state index is 11.6. The van der Waals surface area contributed by atoms with E-state index < -0.39 is 30.3 Å². The van der Waals surface area contributed by atoms with E-state index in [1.165, 1.54) is 6.08 Å². The van der Waals surface area contributed by atoms with E-state index in [1.807, 2.05) is 32.0 Å². The highest BCUT2D eigenvalue weighted by atomic mass is 16.4. The van der Waals surface area contributed by atoms with Crippen molar-refractivity contribution in [3.05, 3.63) is 41.0 Å². The van der Waals surface area contributed by atoms with Crippen LogP contribution in [0.15, 0.2) is 24.3 Å². The molecule has 1 aromatic rings. The van der Waals surface area contributed by atoms with Gasteiger partial charge in [0.25, 0.3) is 0 Å². The highest BCUT2D eigenvalue weighted by Gasteiger charge is 2.21. The van der Waals surface area contributed by atoms with Crippen molar-refractivity contribution in [1.82, 2.24) is 5.32 Å². The number of aliphatic carboxylic acids is 2. The van der Waals surface area contributed by atoms with Crippen molar-refractivity contribution in [2.45, 2.75) is 26.3 Å². The maximum absolute atomic E-state index is 11.6. The Morgan fingerprint density at radius 2 is 1.90 bits per heavy atom. The zero-order valence-electron chi connectivity index (χ0n) is 11.8. The van der Waals surface area contributed by atoms with Crippen LogP contribution < -0.4 is 5.32 Å². The van der Waals surface area contributed by atoms with Gasteiger partial charge in [0.05, 0.1) is 6.42 Å². The fourth-order valence-electron chi connectivity index (χ4n) is 1.77. The summed E-state index contributed by atoms with van der Waals surface area (Å²) in [4.78, 5) is 33.0. The van der Waals surface area contributed by atoms with E-state index in [4.69, 9.17) is 10.2 Å². The molecule has 1 atom stereocenters. The van der Waals surface area contributed by atoms with Crippen molar-refractivity contribution >= 4 is 23.9 Å². The standard InChI is InChI=1S/C15H17NO5/c1-9-3-4-11(10(2)7-9)5-6-13(17)16-12(15(20)21)8-14(18)19/h3-7,12H,8H2,1-2H3,(H,16,17)(H,18,19)(H,20,21)/b6-5+/t12-/m1/s1. The lowest BCUT2D eigenvalue weighted by atomic mass is 10.1. The van der Waals surface area contributed by atoms with Gasteiger partial charge >= 0.3 is 11.9 Å². The number of carbonyl (C=O) groups excluding carboxylic acids is 1. The molecule has 3 N–H and O–H groups in total. The topological polar surface area (TPSA) is 104 Å². The Balaban J connectivity index is 2.73. The van der Waals surface area contributed by atoms with Gasteiger partial charge in [-0.15, -0.1) is 0 Å². The van der Waals surface area contributed by atoms with E-state index in [0.717, 1.165) is 16.7 Å². The fourth-order valence-corrected chi connectivity index (χ4v) is 1.77. The molecule has 6 heteroatoms. The zero-order valence-corrected chi connectivity index (χ0v) is 11.8. The predicted molar refractivity (Wildman–Crippen MR) is 76.8 cm³/mol. The minimum Gasteiger partial charge on any atom is -0.481 e. The molecule has 1 amide bonds. The van der Waals surface area contributed by atoms with Crippen LogP contribution in [-0.4, -0.2) is 34.1 Å². The van der Waals surface area contributed by atoms with Crippen molar-refractivity contribution in [3.8, 4) is 0 Å². The lowest BCUT2D eigenvalue weighted by Gasteiger charge is -2.10. The minimum atomic E-state index is -1.45. The van der Waals surface area contributed by atoms with Crippen LogP contribution in [0.3, 0.4) is 0 Å². The normalized spacial score (nSPS) is 12.1. The SMILES string of the molecule is Cc1ccc(/C=C/C(=O)N[C@H](CC(=O)O)C(=O)O)c(C)c1. The third-order valence-electron chi connectivity index (χ3n) is 2.83. The van der Waals surface area contributed by atoms with E-state index in [2.05, 4.69) is 5.32 Å². The smallest absolute Gasteiger partial charge is 0.326 e. The molecule has 0 unspecified atom stereocenters. The Hall–Kier alpha value is -2.63. The predicted octanol–water partition coefficient (Wildman–Crippen LogP) is 1.36. The van der Waals surface area contributed by atoms with Crippen LogP contribution >= 0.6 is 0 Å². The van der Waals surface area contributed by atoms with Crippen LogP contribution in [0.2, 0.25) is 0 Å². The fraction of sp³-hybridized carbons (Fsp3) is 0.267. The van der Waals surface area contributed by atoms with Crippen molar-refractivity contribution in [2.75, 3.05) is 0 Å². The second-order valence-electron chi connectivity index (χ2n) is 4.69. The lowest BCUT2D eigenvalue weighted by Crippen LogP contribution is -2.41. The van der Waals surface area contributed by atoms with Crippen LogP contribution in [0.25, 0.3) is 6.08 Å². The summed E-state index contributed by atoms with van der Waals surface area (Å²) < 4.78 is 0. The van der Waals surface area contributed by atoms with Crippen LogP contribution in [0, 0.1) is 13.8 Å². The molecule has 0 bridgehead atoms. The Labute approximate surface area is 122 Å². The summed E-state index contributed by atoms with van der Waals surface area (Å²) >= 11 is 0. The molecule has 112 valence electrons. The van der Waals surface area contributed by atoms with Crippen molar-refractivity contribution in [3.63, 3.8) is 0 Å². The first kappa shape index (κ1) is 16.4. The number of carboxylic acid groups (broad SMARTS) is 2. The second kappa shape index (κ2) is 7.23.